The number of aromatic nitrogens is 2. The molecule has 2 aromatic rings. The van der Waals surface area contributed by atoms with Crippen LogP contribution in [0.1, 0.15) is 40.0 Å². The molecule has 13 nitrogen and oxygen atoms in total. The second-order valence-electron chi connectivity index (χ2n) is 10.3. The standard InChI is InChI=1S/C26H30N8O5S/c1-32-6-7-33(24(36)14-32)13-18-9-17-3-2-5-34(25(17)30-22(18)15-35)26(37)31-23-10-21(19(11-27)12-28-23)29-20-4-8-40(38,39)16-20/h9-10,12,15,20H,2-8,13-14,16H2,1H3,(H2,28,29,31,37). The Morgan fingerprint density at radius 2 is 2.10 bits per heavy atom. The minimum Gasteiger partial charge on any atom is -0.380 e. The molecule has 210 valence electrons. The first-order chi connectivity index (χ1) is 19.2. The normalized spacial score (nSPS) is 20.5. The number of pyridine rings is 2. The van der Waals surface area contributed by atoms with E-state index in [1.165, 1.54) is 17.2 Å². The van der Waals surface area contributed by atoms with E-state index in [4.69, 9.17) is 0 Å². The van der Waals surface area contributed by atoms with E-state index in [-0.39, 0.29) is 47.1 Å². The van der Waals surface area contributed by atoms with Gasteiger partial charge < -0.3 is 10.2 Å². The molecule has 3 amide bonds. The lowest BCUT2D eigenvalue weighted by molar-refractivity contribution is -0.136. The van der Waals surface area contributed by atoms with E-state index in [1.807, 2.05) is 24.1 Å². The molecule has 2 aromatic heterocycles. The van der Waals surface area contributed by atoms with Crippen LogP contribution < -0.4 is 15.5 Å². The van der Waals surface area contributed by atoms with Crippen molar-refractivity contribution < 1.29 is 22.8 Å². The Hall–Kier alpha value is -4.09. The van der Waals surface area contributed by atoms with Gasteiger partial charge in [0.05, 0.1) is 29.3 Å². The van der Waals surface area contributed by atoms with Crippen LogP contribution in [0.3, 0.4) is 0 Å². The van der Waals surface area contributed by atoms with Crippen molar-refractivity contribution in [1.82, 2.24) is 19.8 Å². The van der Waals surface area contributed by atoms with Crippen molar-refractivity contribution >= 4 is 45.4 Å². The van der Waals surface area contributed by atoms with Crippen LogP contribution >= 0.6 is 0 Å². The van der Waals surface area contributed by atoms with Crippen LogP contribution in [0.25, 0.3) is 0 Å². The minimum atomic E-state index is -3.12. The number of urea groups is 1. The van der Waals surface area contributed by atoms with Gasteiger partial charge in [-0.05, 0) is 37.9 Å². The summed E-state index contributed by atoms with van der Waals surface area (Å²) in [4.78, 5) is 51.6. The average molecular weight is 567 g/mol. The molecule has 14 heteroatoms. The summed E-state index contributed by atoms with van der Waals surface area (Å²) in [6.45, 7) is 2.28. The van der Waals surface area contributed by atoms with Crippen molar-refractivity contribution in [3.05, 3.63) is 40.7 Å². The summed E-state index contributed by atoms with van der Waals surface area (Å²) in [7, 11) is -1.23. The van der Waals surface area contributed by atoms with Gasteiger partial charge in [-0.1, -0.05) is 0 Å². The fraction of sp³-hybridized carbons (Fsp3) is 0.462. The third kappa shape index (κ3) is 5.90. The Labute approximate surface area is 232 Å². The maximum atomic E-state index is 13.3. The van der Waals surface area contributed by atoms with Gasteiger partial charge in [-0.3, -0.25) is 24.7 Å². The smallest absolute Gasteiger partial charge is 0.328 e. The molecule has 40 heavy (non-hydrogen) atoms. The van der Waals surface area contributed by atoms with Gasteiger partial charge in [0, 0.05) is 50.0 Å². The highest BCUT2D eigenvalue weighted by molar-refractivity contribution is 7.91. The van der Waals surface area contributed by atoms with Crippen molar-refractivity contribution in [2.45, 2.75) is 31.8 Å². The highest BCUT2D eigenvalue weighted by Gasteiger charge is 2.30. The van der Waals surface area contributed by atoms with Crippen LogP contribution in [0.4, 0.5) is 22.1 Å². The number of rotatable bonds is 6. The third-order valence-electron chi connectivity index (χ3n) is 7.35. The summed E-state index contributed by atoms with van der Waals surface area (Å²) in [6, 6.07) is 4.56. The second-order valence-corrected chi connectivity index (χ2v) is 12.6. The maximum absolute atomic E-state index is 13.3. The molecule has 5 heterocycles. The van der Waals surface area contributed by atoms with Crippen LogP contribution in [0, 0.1) is 11.3 Å². The predicted molar refractivity (Wildman–Crippen MR) is 147 cm³/mol. The first kappa shape index (κ1) is 27.5. The lowest BCUT2D eigenvalue weighted by Gasteiger charge is -2.33. The van der Waals surface area contributed by atoms with Gasteiger partial charge >= 0.3 is 6.03 Å². The molecule has 0 aliphatic carbocycles. The van der Waals surface area contributed by atoms with E-state index < -0.39 is 15.9 Å². The minimum absolute atomic E-state index is 0.0114. The number of aryl methyl sites for hydroxylation is 1. The van der Waals surface area contributed by atoms with Gasteiger partial charge in [-0.2, -0.15) is 5.26 Å². The zero-order chi connectivity index (χ0) is 28.4. The van der Waals surface area contributed by atoms with E-state index >= 15 is 0 Å². The van der Waals surface area contributed by atoms with Gasteiger partial charge in [-0.15, -0.1) is 0 Å². The molecule has 5 rings (SSSR count). The number of nitriles is 1. The highest BCUT2D eigenvalue weighted by Crippen LogP contribution is 2.29. The summed E-state index contributed by atoms with van der Waals surface area (Å²) < 4.78 is 23.7. The van der Waals surface area contributed by atoms with Crippen LogP contribution in [0.2, 0.25) is 0 Å². The number of fused-ring (bicyclic) bond motifs is 1. The molecule has 0 spiro atoms. The lowest BCUT2D eigenvalue weighted by atomic mass is 10.0. The molecule has 3 aliphatic heterocycles. The van der Waals surface area contributed by atoms with Gasteiger partial charge in [-0.25, -0.2) is 23.2 Å². The number of piperazine rings is 1. The fourth-order valence-electron chi connectivity index (χ4n) is 5.22. The van der Waals surface area contributed by atoms with Crippen molar-refractivity contribution in [1.29, 1.82) is 5.26 Å². The van der Waals surface area contributed by atoms with Crippen molar-refractivity contribution in [3.63, 3.8) is 0 Å². The molecule has 0 aromatic carbocycles. The Bertz CT molecular complexity index is 1510. The quantitative estimate of drug-likeness (QED) is 0.482. The SMILES string of the molecule is CN1CCN(Cc2cc3c(nc2C=O)N(C(=O)Nc2cc(NC4CCS(=O)(=O)C4)c(C#N)cn2)CCC3)C(=O)C1. The summed E-state index contributed by atoms with van der Waals surface area (Å²) in [6.07, 6.45) is 3.74. The van der Waals surface area contributed by atoms with Crippen molar-refractivity contribution in [2.24, 2.45) is 0 Å². The summed E-state index contributed by atoms with van der Waals surface area (Å²) in [5, 5.41) is 15.3. The molecule has 0 bridgehead atoms. The number of aldehydes is 1. The molecule has 0 saturated carbocycles. The second kappa shape index (κ2) is 11.2. The molecular weight excluding hydrogens is 536 g/mol. The molecule has 2 fully saturated rings. The van der Waals surface area contributed by atoms with Crippen LogP contribution in [-0.2, 0) is 27.6 Å². The average Bonchev–Trinajstić information content (AvgIpc) is 3.27. The van der Waals surface area contributed by atoms with Crippen LogP contribution in [0.15, 0.2) is 18.3 Å². The molecule has 1 unspecified atom stereocenters. The van der Waals surface area contributed by atoms with E-state index in [9.17, 15) is 28.1 Å². The van der Waals surface area contributed by atoms with E-state index in [0.717, 1.165) is 12.1 Å². The summed E-state index contributed by atoms with van der Waals surface area (Å²) >= 11 is 0. The number of amides is 3. The molecule has 1 atom stereocenters. The van der Waals surface area contributed by atoms with Crippen molar-refractivity contribution in [3.8, 4) is 6.07 Å². The highest BCUT2D eigenvalue weighted by atomic mass is 32.2. The zero-order valence-electron chi connectivity index (χ0n) is 22.1. The first-order valence-electron chi connectivity index (χ1n) is 13.1. The largest absolute Gasteiger partial charge is 0.380 e. The number of nitrogens with one attached hydrogen (secondary N) is 2. The first-order valence-corrected chi connectivity index (χ1v) is 14.9. The van der Waals surface area contributed by atoms with Crippen LogP contribution in [0.5, 0.6) is 0 Å². The number of carbonyl (C=O) groups excluding carboxylic acids is 3. The Morgan fingerprint density at radius 1 is 1.27 bits per heavy atom. The van der Waals surface area contributed by atoms with Crippen molar-refractivity contribution in [2.75, 3.05) is 60.3 Å². The Morgan fingerprint density at radius 3 is 2.80 bits per heavy atom. The summed E-state index contributed by atoms with van der Waals surface area (Å²) in [5.41, 5.74) is 2.25. The number of hydrogen-bond donors (Lipinski definition) is 2. The van der Waals surface area contributed by atoms with Gasteiger partial charge in [0.15, 0.2) is 16.1 Å². The Kier molecular flexibility index (Phi) is 7.68. The maximum Gasteiger partial charge on any atom is 0.328 e. The molecule has 2 saturated heterocycles. The van der Waals surface area contributed by atoms with E-state index in [1.54, 1.807) is 4.90 Å². The number of carbonyl (C=O) groups is 3. The van der Waals surface area contributed by atoms with E-state index in [2.05, 4.69) is 20.6 Å². The fourth-order valence-corrected chi connectivity index (χ4v) is 6.89. The molecule has 2 N–H and O–H groups in total. The number of nitrogens with zero attached hydrogens (tertiary/aromatic N) is 6. The number of anilines is 3. The predicted octanol–water partition coefficient (Wildman–Crippen LogP) is 1.02. The van der Waals surface area contributed by atoms with Gasteiger partial charge in [0.1, 0.15) is 23.4 Å². The molecule has 0 radical (unpaired) electrons. The summed E-state index contributed by atoms with van der Waals surface area (Å²) in [5.74, 6) is 0.603. The number of hydrogen-bond acceptors (Lipinski definition) is 10. The topological polar surface area (TPSA) is 169 Å². The third-order valence-corrected chi connectivity index (χ3v) is 9.12. The van der Waals surface area contributed by atoms with Gasteiger partial charge in [0.2, 0.25) is 5.91 Å². The molecule has 3 aliphatic rings. The Balaban J connectivity index is 1.34. The van der Waals surface area contributed by atoms with Gasteiger partial charge in [0.25, 0.3) is 0 Å². The van der Waals surface area contributed by atoms with E-state index in [0.29, 0.717) is 62.3 Å². The zero-order valence-corrected chi connectivity index (χ0v) is 22.9. The monoisotopic (exact) mass is 566 g/mol. The lowest BCUT2D eigenvalue weighted by Crippen LogP contribution is -2.48. The molecular formula is C26H30N8O5S. The number of sulfone groups is 1. The van der Waals surface area contributed by atoms with Crippen LogP contribution in [-0.4, -0.2) is 97.2 Å². The number of likely N-dealkylation sites (N-methyl/N-ethyl adjacent to an activating group) is 1.